The molecule has 0 aliphatic carbocycles. The highest BCUT2D eigenvalue weighted by Gasteiger charge is 2.33. The molecule has 276 valence electrons. The normalized spacial score (nSPS) is 14.9. The minimum absolute atomic E-state index is 0.0326. The number of amides is 5. The van der Waals surface area contributed by atoms with E-state index in [1.807, 2.05) is 51.1 Å². The highest BCUT2D eigenvalue weighted by molar-refractivity contribution is 5.92. The maximum atomic E-state index is 13.9. The highest BCUT2D eigenvalue weighted by atomic mass is 16.4. The minimum atomic E-state index is -1.28. The summed E-state index contributed by atoms with van der Waals surface area (Å²) >= 11 is 0. The average Bonchev–Trinajstić information content (AvgIpc) is 3.03. The van der Waals surface area contributed by atoms with Crippen molar-refractivity contribution in [2.24, 2.45) is 17.8 Å². The van der Waals surface area contributed by atoms with Gasteiger partial charge in [-0.25, -0.2) is 0 Å². The van der Waals surface area contributed by atoms with Gasteiger partial charge in [0.1, 0.15) is 18.1 Å². The Morgan fingerprint density at radius 2 is 1.39 bits per heavy atom. The molecule has 0 aliphatic heterocycles. The largest absolute Gasteiger partial charge is 0.481 e. The number of carboxylic acid groups (broad SMARTS) is 1. The van der Waals surface area contributed by atoms with Gasteiger partial charge in [0.25, 0.3) is 0 Å². The lowest BCUT2D eigenvalue weighted by molar-refractivity contribution is -0.137. The van der Waals surface area contributed by atoms with E-state index < -0.39 is 59.9 Å². The van der Waals surface area contributed by atoms with Gasteiger partial charge in [-0.2, -0.15) is 0 Å². The summed E-state index contributed by atoms with van der Waals surface area (Å²) in [5, 5.41) is 33.9. The second-order valence-corrected chi connectivity index (χ2v) is 13.5. The van der Waals surface area contributed by atoms with Crippen molar-refractivity contribution in [3.8, 4) is 0 Å². The summed E-state index contributed by atoms with van der Waals surface area (Å²) < 4.78 is 0. The molecule has 6 atom stereocenters. The molecule has 13 heteroatoms. The second-order valence-electron chi connectivity index (χ2n) is 13.5. The van der Waals surface area contributed by atoms with Crippen LogP contribution in [0.1, 0.15) is 99.0 Å². The number of likely N-dealkylation sites (N-methyl/N-ethyl adjacent to an activating group) is 1. The second kappa shape index (κ2) is 22.6. The summed E-state index contributed by atoms with van der Waals surface area (Å²) in [7, 11) is 0. The molecule has 1 aromatic carbocycles. The summed E-state index contributed by atoms with van der Waals surface area (Å²) in [5.41, 5.74) is 0.946. The zero-order valence-electron chi connectivity index (χ0n) is 30.2. The monoisotopic (exact) mass is 689 g/mol. The summed E-state index contributed by atoms with van der Waals surface area (Å²) in [4.78, 5) is 76.5. The molecular formula is C36H59N5O8. The van der Waals surface area contributed by atoms with Crippen molar-refractivity contribution >= 4 is 35.5 Å². The lowest BCUT2D eigenvalue weighted by Crippen LogP contribution is -2.58. The zero-order valence-corrected chi connectivity index (χ0v) is 30.2. The zero-order chi connectivity index (χ0) is 37.1. The number of nitrogens with one attached hydrogen (secondary N) is 5. The summed E-state index contributed by atoms with van der Waals surface area (Å²) in [5.74, 6) is -3.89. The molecule has 13 nitrogen and oxygen atoms in total. The van der Waals surface area contributed by atoms with Crippen molar-refractivity contribution in [1.29, 1.82) is 0 Å². The van der Waals surface area contributed by atoms with Crippen molar-refractivity contribution in [2.45, 2.75) is 130 Å². The van der Waals surface area contributed by atoms with E-state index in [2.05, 4.69) is 26.6 Å². The van der Waals surface area contributed by atoms with Gasteiger partial charge in [-0.05, 0) is 55.9 Å². The van der Waals surface area contributed by atoms with Crippen LogP contribution in [0.3, 0.4) is 0 Å². The van der Waals surface area contributed by atoms with Gasteiger partial charge in [-0.1, -0.05) is 78.3 Å². The number of benzene rings is 1. The lowest BCUT2D eigenvalue weighted by Gasteiger charge is -2.30. The number of aliphatic hydroxyl groups is 1. The first-order valence-corrected chi connectivity index (χ1v) is 17.5. The first-order valence-electron chi connectivity index (χ1n) is 17.5. The molecule has 0 fully saturated rings. The van der Waals surface area contributed by atoms with Crippen LogP contribution in [-0.2, 0) is 35.2 Å². The SMILES string of the molecule is CCNC(=O)[C@@H](NC(=O)C[C@H](O)[C@H](CC(C)C)NC(=O)[C@H](CCc1ccccc1)NC(=O)[C@@H](NC(=O)CCCC(=O)O)[C@H](C)CC)C(C)C. The van der Waals surface area contributed by atoms with Gasteiger partial charge in [-0.15, -0.1) is 0 Å². The van der Waals surface area contributed by atoms with Crippen LogP contribution in [0.5, 0.6) is 0 Å². The molecule has 0 radical (unpaired) electrons. The van der Waals surface area contributed by atoms with E-state index in [-0.39, 0.29) is 55.8 Å². The van der Waals surface area contributed by atoms with Crippen LogP contribution < -0.4 is 26.6 Å². The fourth-order valence-electron chi connectivity index (χ4n) is 5.32. The lowest BCUT2D eigenvalue weighted by atomic mass is 9.95. The number of hydrogen-bond acceptors (Lipinski definition) is 7. The van der Waals surface area contributed by atoms with Crippen LogP contribution in [-0.4, -0.2) is 82.5 Å². The minimum Gasteiger partial charge on any atom is -0.481 e. The van der Waals surface area contributed by atoms with E-state index in [0.717, 1.165) is 5.56 Å². The standard InChI is InChI=1S/C36H59N5O8/c1-8-24(7)33(40-29(43)16-13-17-31(45)46)36(49)38-26(19-18-25-14-11-10-12-15-25)34(47)39-27(20-22(3)4)28(42)21-30(44)41-32(23(5)6)35(48)37-9-2/h10-12,14-15,22-24,26-28,32-33,42H,8-9,13,16-21H2,1-7H3,(H,37,48)(H,38,49)(H,39,47)(H,40,43)(H,41,44)(H,45,46)/t24-,26+,27+,28+,32+,33+/m1/s1. The first-order chi connectivity index (χ1) is 23.1. The maximum absolute atomic E-state index is 13.9. The Morgan fingerprint density at radius 3 is 1.94 bits per heavy atom. The van der Waals surface area contributed by atoms with Crippen LogP contribution in [0.2, 0.25) is 0 Å². The average molecular weight is 690 g/mol. The number of aliphatic carboxylic acids is 1. The summed E-state index contributed by atoms with van der Waals surface area (Å²) in [6, 6.07) is 5.81. The first kappa shape index (κ1) is 43.0. The molecule has 0 saturated heterocycles. The molecule has 0 heterocycles. The number of aliphatic hydroxyl groups excluding tert-OH is 1. The third-order valence-electron chi connectivity index (χ3n) is 8.33. The molecule has 49 heavy (non-hydrogen) atoms. The Balaban J connectivity index is 3.20. The topological polar surface area (TPSA) is 203 Å². The molecule has 0 bridgehead atoms. The number of rotatable bonds is 23. The van der Waals surface area contributed by atoms with Gasteiger partial charge in [0, 0.05) is 19.4 Å². The van der Waals surface area contributed by atoms with Crippen molar-refractivity contribution in [1.82, 2.24) is 26.6 Å². The Hall–Kier alpha value is -4.00. The van der Waals surface area contributed by atoms with Crippen molar-refractivity contribution in [3.05, 3.63) is 35.9 Å². The molecule has 0 unspecified atom stereocenters. The van der Waals surface area contributed by atoms with Crippen LogP contribution in [0, 0.1) is 17.8 Å². The fraction of sp³-hybridized carbons (Fsp3) is 0.667. The number of carbonyl (C=O) groups is 6. The molecule has 1 aromatic rings. The molecule has 0 spiro atoms. The van der Waals surface area contributed by atoms with E-state index in [1.54, 1.807) is 27.7 Å². The van der Waals surface area contributed by atoms with E-state index in [1.165, 1.54) is 0 Å². The van der Waals surface area contributed by atoms with E-state index in [9.17, 15) is 33.9 Å². The Kier molecular flexibility index (Phi) is 19.8. The quantitative estimate of drug-likeness (QED) is 0.0908. The molecular weight excluding hydrogens is 630 g/mol. The number of carboxylic acids is 1. The van der Waals surface area contributed by atoms with Gasteiger partial charge in [0.2, 0.25) is 29.5 Å². The van der Waals surface area contributed by atoms with Gasteiger partial charge < -0.3 is 36.8 Å². The van der Waals surface area contributed by atoms with Gasteiger partial charge in [0.05, 0.1) is 18.6 Å². The predicted molar refractivity (Wildman–Crippen MR) is 187 cm³/mol. The predicted octanol–water partition coefficient (Wildman–Crippen LogP) is 2.45. The van der Waals surface area contributed by atoms with Crippen LogP contribution >= 0.6 is 0 Å². The smallest absolute Gasteiger partial charge is 0.303 e. The molecule has 0 aliphatic rings. The molecule has 5 amide bonds. The van der Waals surface area contributed by atoms with E-state index >= 15 is 0 Å². The van der Waals surface area contributed by atoms with Crippen LogP contribution in [0.15, 0.2) is 30.3 Å². The van der Waals surface area contributed by atoms with Gasteiger partial charge in [-0.3, -0.25) is 28.8 Å². The Morgan fingerprint density at radius 1 is 0.755 bits per heavy atom. The third-order valence-corrected chi connectivity index (χ3v) is 8.33. The number of carbonyl (C=O) groups excluding carboxylic acids is 5. The van der Waals surface area contributed by atoms with E-state index in [4.69, 9.17) is 5.11 Å². The van der Waals surface area contributed by atoms with Crippen molar-refractivity contribution in [2.75, 3.05) is 6.54 Å². The van der Waals surface area contributed by atoms with E-state index in [0.29, 0.717) is 25.8 Å². The number of aryl methyl sites for hydroxylation is 1. The van der Waals surface area contributed by atoms with Crippen molar-refractivity contribution < 1.29 is 39.0 Å². The fourth-order valence-corrected chi connectivity index (χ4v) is 5.32. The highest BCUT2D eigenvalue weighted by Crippen LogP contribution is 2.15. The maximum Gasteiger partial charge on any atom is 0.303 e. The summed E-state index contributed by atoms with van der Waals surface area (Å²) in [6.45, 7) is 13.3. The molecule has 7 N–H and O–H groups in total. The van der Waals surface area contributed by atoms with Crippen LogP contribution in [0.25, 0.3) is 0 Å². The summed E-state index contributed by atoms with van der Waals surface area (Å²) in [6.07, 6.45) is -0.189. The third kappa shape index (κ3) is 16.8. The number of hydrogen-bond donors (Lipinski definition) is 7. The Bertz CT molecular complexity index is 1210. The van der Waals surface area contributed by atoms with Crippen LogP contribution in [0.4, 0.5) is 0 Å². The molecule has 0 saturated carbocycles. The Labute approximate surface area is 291 Å². The van der Waals surface area contributed by atoms with Crippen molar-refractivity contribution in [3.63, 3.8) is 0 Å². The van der Waals surface area contributed by atoms with Gasteiger partial charge >= 0.3 is 5.97 Å². The molecule has 0 aromatic heterocycles. The molecule has 1 rings (SSSR count). The van der Waals surface area contributed by atoms with Gasteiger partial charge in [0.15, 0.2) is 0 Å².